The molecule has 0 aliphatic heterocycles. The molecule has 2 rings (SSSR count). The summed E-state index contributed by atoms with van der Waals surface area (Å²) in [4.78, 5) is 10.8. The summed E-state index contributed by atoms with van der Waals surface area (Å²) in [6.07, 6.45) is 3.67. The van der Waals surface area contributed by atoms with Crippen molar-refractivity contribution in [3.8, 4) is 0 Å². The highest BCUT2D eigenvalue weighted by atomic mass is 16.4. The first-order valence-corrected chi connectivity index (χ1v) is 7.73. The van der Waals surface area contributed by atoms with Crippen LogP contribution < -0.4 is 5.32 Å². The minimum atomic E-state index is -0.870. The minimum Gasteiger partial charge on any atom is -0.478 e. The van der Waals surface area contributed by atoms with E-state index in [4.69, 9.17) is 5.11 Å². The molecule has 21 heavy (non-hydrogen) atoms. The molecule has 0 unspecified atom stereocenters. The van der Waals surface area contributed by atoms with Gasteiger partial charge in [0.1, 0.15) is 0 Å². The van der Waals surface area contributed by atoms with Gasteiger partial charge in [-0.15, -0.1) is 0 Å². The number of benzene rings is 1. The zero-order valence-electron chi connectivity index (χ0n) is 13.6. The molecule has 0 amide bonds. The van der Waals surface area contributed by atoms with E-state index in [1.54, 1.807) is 12.1 Å². The number of rotatable bonds is 4. The lowest BCUT2D eigenvalue weighted by atomic mass is 9.63. The van der Waals surface area contributed by atoms with Gasteiger partial charge in [0, 0.05) is 12.6 Å². The zero-order chi connectivity index (χ0) is 15.7. The third kappa shape index (κ3) is 4.57. The highest BCUT2D eigenvalue weighted by Crippen LogP contribution is 2.45. The molecule has 3 heteroatoms. The van der Waals surface area contributed by atoms with E-state index < -0.39 is 5.97 Å². The van der Waals surface area contributed by atoms with E-state index in [-0.39, 0.29) is 0 Å². The average molecular weight is 289 g/mol. The zero-order valence-corrected chi connectivity index (χ0v) is 13.6. The largest absolute Gasteiger partial charge is 0.478 e. The fourth-order valence-electron chi connectivity index (χ4n) is 4.02. The van der Waals surface area contributed by atoms with E-state index in [9.17, 15) is 4.79 Å². The summed E-state index contributed by atoms with van der Waals surface area (Å²) in [6, 6.07) is 7.68. The summed E-state index contributed by atoms with van der Waals surface area (Å²) in [5.74, 6) is -0.870. The lowest BCUT2D eigenvalue weighted by Crippen LogP contribution is -2.43. The van der Waals surface area contributed by atoms with E-state index >= 15 is 0 Å². The summed E-state index contributed by atoms with van der Waals surface area (Å²) in [5, 5.41) is 12.6. The molecule has 0 spiro atoms. The van der Waals surface area contributed by atoms with Gasteiger partial charge in [-0.05, 0) is 47.8 Å². The quantitative estimate of drug-likeness (QED) is 0.878. The van der Waals surface area contributed by atoms with Crippen molar-refractivity contribution in [2.45, 2.75) is 59.5 Å². The molecule has 1 fully saturated rings. The third-order valence-electron chi connectivity index (χ3n) is 4.35. The SMILES string of the molecule is CC1(C)CC(NCc2ccc(C(=O)O)cc2)CC(C)(C)C1. The summed E-state index contributed by atoms with van der Waals surface area (Å²) in [5.41, 5.74) is 2.25. The van der Waals surface area contributed by atoms with E-state index in [0.717, 1.165) is 12.1 Å². The molecule has 1 aromatic carbocycles. The van der Waals surface area contributed by atoms with Gasteiger partial charge >= 0.3 is 5.97 Å². The summed E-state index contributed by atoms with van der Waals surface area (Å²) < 4.78 is 0. The van der Waals surface area contributed by atoms with Crippen LogP contribution in [0.15, 0.2) is 24.3 Å². The Labute approximate surface area is 127 Å². The molecule has 1 aliphatic rings. The Morgan fingerprint density at radius 2 is 1.67 bits per heavy atom. The normalized spacial score (nSPS) is 21.1. The van der Waals surface area contributed by atoms with Crippen molar-refractivity contribution in [2.75, 3.05) is 0 Å². The van der Waals surface area contributed by atoms with E-state index in [1.807, 2.05) is 12.1 Å². The molecule has 1 aliphatic carbocycles. The predicted octanol–water partition coefficient (Wildman–Crippen LogP) is 4.08. The number of carbonyl (C=O) groups is 1. The molecule has 1 aromatic rings. The van der Waals surface area contributed by atoms with Gasteiger partial charge in [0.2, 0.25) is 0 Å². The van der Waals surface area contributed by atoms with Gasteiger partial charge in [-0.1, -0.05) is 39.8 Å². The van der Waals surface area contributed by atoms with Gasteiger partial charge < -0.3 is 10.4 Å². The number of nitrogens with one attached hydrogen (secondary N) is 1. The van der Waals surface area contributed by atoms with Crippen LogP contribution in [0.3, 0.4) is 0 Å². The average Bonchev–Trinajstić information content (AvgIpc) is 2.33. The molecule has 0 atom stereocenters. The molecule has 3 nitrogen and oxygen atoms in total. The minimum absolute atomic E-state index is 0.346. The van der Waals surface area contributed by atoms with Crippen LogP contribution in [0.1, 0.15) is 62.9 Å². The smallest absolute Gasteiger partial charge is 0.335 e. The first kappa shape index (κ1) is 16.0. The summed E-state index contributed by atoms with van der Waals surface area (Å²) in [6.45, 7) is 10.2. The first-order valence-electron chi connectivity index (χ1n) is 7.73. The van der Waals surface area contributed by atoms with E-state index in [1.165, 1.54) is 19.3 Å². The van der Waals surface area contributed by atoms with Crippen molar-refractivity contribution in [3.63, 3.8) is 0 Å². The number of hydrogen-bond acceptors (Lipinski definition) is 2. The van der Waals surface area contributed by atoms with Gasteiger partial charge in [-0.25, -0.2) is 4.79 Å². The van der Waals surface area contributed by atoms with Crippen LogP contribution in [0.25, 0.3) is 0 Å². The van der Waals surface area contributed by atoms with Gasteiger partial charge in [-0.2, -0.15) is 0 Å². The van der Waals surface area contributed by atoms with Crippen molar-refractivity contribution in [2.24, 2.45) is 10.8 Å². The van der Waals surface area contributed by atoms with Crippen LogP contribution in [0.4, 0.5) is 0 Å². The summed E-state index contributed by atoms with van der Waals surface area (Å²) >= 11 is 0. The molecular formula is C18H27NO2. The second-order valence-corrected chi connectivity index (χ2v) is 7.99. The lowest BCUT2D eigenvalue weighted by Gasteiger charge is -2.45. The van der Waals surface area contributed by atoms with E-state index in [0.29, 0.717) is 22.4 Å². The van der Waals surface area contributed by atoms with Crippen LogP contribution >= 0.6 is 0 Å². The molecule has 0 radical (unpaired) electrons. The number of carboxylic acids is 1. The predicted molar refractivity (Wildman–Crippen MR) is 85.4 cm³/mol. The fourth-order valence-corrected chi connectivity index (χ4v) is 4.02. The van der Waals surface area contributed by atoms with Crippen molar-refractivity contribution in [3.05, 3.63) is 35.4 Å². The highest BCUT2D eigenvalue weighted by Gasteiger charge is 2.38. The van der Waals surface area contributed by atoms with Crippen molar-refractivity contribution in [1.82, 2.24) is 5.32 Å². The van der Waals surface area contributed by atoms with Gasteiger partial charge in [-0.3, -0.25) is 0 Å². The second-order valence-electron chi connectivity index (χ2n) is 7.99. The Bertz CT molecular complexity index is 486. The standard InChI is InChI=1S/C18H27NO2/c1-17(2)9-15(10-18(3,4)12-17)19-11-13-5-7-14(8-6-13)16(20)21/h5-8,15,19H,9-12H2,1-4H3,(H,20,21). The molecule has 0 aromatic heterocycles. The van der Waals surface area contributed by atoms with Gasteiger partial charge in [0.05, 0.1) is 5.56 Å². The number of hydrogen-bond donors (Lipinski definition) is 2. The van der Waals surface area contributed by atoms with Crippen LogP contribution in [-0.2, 0) is 6.54 Å². The Balaban J connectivity index is 1.94. The Kier molecular flexibility index (Phi) is 4.43. The Morgan fingerprint density at radius 1 is 1.14 bits per heavy atom. The molecular weight excluding hydrogens is 262 g/mol. The lowest BCUT2D eigenvalue weighted by molar-refractivity contribution is 0.0696. The van der Waals surface area contributed by atoms with Gasteiger partial charge in [0.25, 0.3) is 0 Å². The maximum absolute atomic E-state index is 10.8. The molecule has 0 heterocycles. The highest BCUT2D eigenvalue weighted by molar-refractivity contribution is 5.87. The first-order chi connectivity index (χ1) is 9.67. The third-order valence-corrected chi connectivity index (χ3v) is 4.35. The molecule has 1 saturated carbocycles. The van der Waals surface area contributed by atoms with Crippen molar-refractivity contribution in [1.29, 1.82) is 0 Å². The van der Waals surface area contributed by atoms with Crippen molar-refractivity contribution < 1.29 is 9.90 Å². The fraction of sp³-hybridized carbons (Fsp3) is 0.611. The number of aromatic carboxylic acids is 1. The van der Waals surface area contributed by atoms with Crippen molar-refractivity contribution >= 4 is 5.97 Å². The maximum atomic E-state index is 10.8. The maximum Gasteiger partial charge on any atom is 0.335 e. The topological polar surface area (TPSA) is 49.3 Å². The molecule has 0 saturated heterocycles. The molecule has 116 valence electrons. The van der Waals surface area contributed by atoms with Crippen LogP contribution in [0, 0.1) is 10.8 Å². The molecule has 2 N–H and O–H groups in total. The Hall–Kier alpha value is -1.35. The molecule has 0 bridgehead atoms. The van der Waals surface area contributed by atoms with E-state index in [2.05, 4.69) is 33.0 Å². The second kappa shape index (κ2) is 5.80. The van der Waals surface area contributed by atoms with Crippen LogP contribution in [0.2, 0.25) is 0 Å². The van der Waals surface area contributed by atoms with Gasteiger partial charge in [0.15, 0.2) is 0 Å². The van der Waals surface area contributed by atoms with Crippen LogP contribution in [0.5, 0.6) is 0 Å². The number of carboxylic acid groups (broad SMARTS) is 1. The van der Waals surface area contributed by atoms with Crippen LogP contribution in [-0.4, -0.2) is 17.1 Å². The Morgan fingerprint density at radius 3 is 2.14 bits per heavy atom. The summed E-state index contributed by atoms with van der Waals surface area (Å²) in [7, 11) is 0. The monoisotopic (exact) mass is 289 g/mol.